The molecule has 1 N–H and O–H groups in total. The van der Waals surface area contributed by atoms with E-state index < -0.39 is 0 Å². The number of rotatable bonds is 6. The van der Waals surface area contributed by atoms with Gasteiger partial charge in [0.15, 0.2) is 0 Å². The van der Waals surface area contributed by atoms with Crippen LogP contribution in [0.15, 0.2) is 22.7 Å². The van der Waals surface area contributed by atoms with Crippen LogP contribution >= 0.6 is 15.9 Å². The van der Waals surface area contributed by atoms with Gasteiger partial charge in [0.1, 0.15) is 5.75 Å². The first-order valence-electron chi connectivity index (χ1n) is 8.33. The molecule has 0 amide bonds. The maximum Gasteiger partial charge on any atom is 0.123 e. The Kier molecular flexibility index (Phi) is 7.05. The number of halogens is 1. The van der Waals surface area contributed by atoms with E-state index in [1.807, 2.05) is 0 Å². The molecule has 0 aliphatic heterocycles. The summed E-state index contributed by atoms with van der Waals surface area (Å²) in [5.74, 6) is 1.92. The van der Waals surface area contributed by atoms with Gasteiger partial charge in [-0.3, -0.25) is 0 Å². The van der Waals surface area contributed by atoms with Crippen molar-refractivity contribution in [2.45, 2.75) is 65.0 Å². The lowest BCUT2D eigenvalue weighted by molar-refractivity contribution is 0.312. The fourth-order valence-corrected chi connectivity index (χ4v) is 3.39. The van der Waals surface area contributed by atoms with Crippen molar-refractivity contribution in [3.8, 4) is 5.75 Å². The van der Waals surface area contributed by atoms with Crippen LogP contribution in [0.4, 0.5) is 0 Å². The average molecular weight is 354 g/mol. The standard InChI is InChI=1S/C18H28BrNO/c1-3-11-21-18-10-8-16(19)12-15(18)13-20-17-6-4-5-14(2)7-9-17/h8,10,12,14,17,20H,3-7,9,11,13H2,1-2H3. The third-order valence-electron chi connectivity index (χ3n) is 4.32. The molecular weight excluding hydrogens is 326 g/mol. The Morgan fingerprint density at radius 2 is 2.10 bits per heavy atom. The molecule has 2 atom stereocenters. The van der Waals surface area contributed by atoms with Gasteiger partial charge in [0.2, 0.25) is 0 Å². The van der Waals surface area contributed by atoms with Gasteiger partial charge < -0.3 is 10.1 Å². The normalized spacial score (nSPS) is 22.8. The number of hydrogen-bond acceptors (Lipinski definition) is 2. The van der Waals surface area contributed by atoms with Gasteiger partial charge in [-0.15, -0.1) is 0 Å². The van der Waals surface area contributed by atoms with E-state index in [0.717, 1.165) is 35.7 Å². The van der Waals surface area contributed by atoms with E-state index in [4.69, 9.17) is 4.74 Å². The smallest absolute Gasteiger partial charge is 0.123 e. The molecule has 2 unspecified atom stereocenters. The van der Waals surface area contributed by atoms with Crippen LogP contribution in [0.2, 0.25) is 0 Å². The summed E-state index contributed by atoms with van der Waals surface area (Å²) in [6.07, 6.45) is 7.76. The fraction of sp³-hybridized carbons (Fsp3) is 0.667. The molecule has 0 heterocycles. The molecule has 21 heavy (non-hydrogen) atoms. The Hall–Kier alpha value is -0.540. The second-order valence-electron chi connectivity index (χ2n) is 6.29. The highest BCUT2D eigenvalue weighted by atomic mass is 79.9. The van der Waals surface area contributed by atoms with E-state index >= 15 is 0 Å². The summed E-state index contributed by atoms with van der Waals surface area (Å²) in [5.41, 5.74) is 1.26. The molecule has 1 aliphatic rings. The highest BCUT2D eigenvalue weighted by Crippen LogP contribution is 2.26. The molecule has 0 bridgehead atoms. The summed E-state index contributed by atoms with van der Waals surface area (Å²) >= 11 is 3.57. The number of benzene rings is 1. The highest BCUT2D eigenvalue weighted by Gasteiger charge is 2.16. The van der Waals surface area contributed by atoms with E-state index in [9.17, 15) is 0 Å². The van der Waals surface area contributed by atoms with Crippen molar-refractivity contribution < 1.29 is 4.74 Å². The van der Waals surface area contributed by atoms with Crippen LogP contribution < -0.4 is 10.1 Å². The van der Waals surface area contributed by atoms with Gasteiger partial charge in [0.05, 0.1) is 6.61 Å². The zero-order valence-corrected chi connectivity index (χ0v) is 14.9. The molecule has 1 fully saturated rings. The van der Waals surface area contributed by atoms with Gasteiger partial charge >= 0.3 is 0 Å². The van der Waals surface area contributed by atoms with Gasteiger partial charge in [-0.1, -0.05) is 42.6 Å². The Morgan fingerprint density at radius 3 is 2.90 bits per heavy atom. The fourth-order valence-electron chi connectivity index (χ4n) is 2.98. The highest BCUT2D eigenvalue weighted by molar-refractivity contribution is 9.10. The lowest BCUT2D eigenvalue weighted by atomic mass is 10.0. The van der Waals surface area contributed by atoms with Crippen LogP contribution in [-0.2, 0) is 6.54 Å². The minimum atomic E-state index is 0.660. The monoisotopic (exact) mass is 353 g/mol. The van der Waals surface area contributed by atoms with Crippen LogP contribution in [-0.4, -0.2) is 12.6 Å². The summed E-state index contributed by atoms with van der Waals surface area (Å²) in [6.45, 7) is 6.21. The second-order valence-corrected chi connectivity index (χ2v) is 7.21. The Morgan fingerprint density at radius 1 is 1.24 bits per heavy atom. The van der Waals surface area contributed by atoms with E-state index in [1.54, 1.807) is 0 Å². The molecule has 0 saturated heterocycles. The first kappa shape index (κ1) is 16.8. The summed E-state index contributed by atoms with van der Waals surface area (Å²) in [5, 5.41) is 3.74. The molecule has 1 aliphatic carbocycles. The average Bonchev–Trinajstić information content (AvgIpc) is 2.69. The third kappa shape index (κ3) is 5.63. The molecule has 118 valence electrons. The molecule has 0 spiro atoms. The van der Waals surface area contributed by atoms with Crippen molar-refractivity contribution in [3.63, 3.8) is 0 Å². The van der Waals surface area contributed by atoms with Crippen LogP contribution in [0, 0.1) is 5.92 Å². The van der Waals surface area contributed by atoms with Crippen molar-refractivity contribution >= 4 is 15.9 Å². The molecule has 1 saturated carbocycles. The molecule has 2 rings (SSSR count). The van der Waals surface area contributed by atoms with Crippen LogP contribution in [0.1, 0.15) is 57.9 Å². The molecular formula is C18H28BrNO. The zero-order valence-electron chi connectivity index (χ0n) is 13.3. The zero-order chi connectivity index (χ0) is 15.1. The van der Waals surface area contributed by atoms with Crippen molar-refractivity contribution in [1.29, 1.82) is 0 Å². The van der Waals surface area contributed by atoms with E-state index in [1.165, 1.54) is 37.7 Å². The van der Waals surface area contributed by atoms with Gasteiger partial charge in [-0.2, -0.15) is 0 Å². The van der Waals surface area contributed by atoms with E-state index in [-0.39, 0.29) is 0 Å². The predicted molar refractivity (Wildman–Crippen MR) is 92.8 cm³/mol. The van der Waals surface area contributed by atoms with Crippen molar-refractivity contribution in [3.05, 3.63) is 28.2 Å². The SMILES string of the molecule is CCCOc1ccc(Br)cc1CNC1CCCC(C)CC1. The lowest BCUT2D eigenvalue weighted by Gasteiger charge is -2.18. The van der Waals surface area contributed by atoms with E-state index in [2.05, 4.69) is 53.3 Å². The Labute approximate surface area is 137 Å². The number of hydrogen-bond donors (Lipinski definition) is 1. The van der Waals surface area contributed by atoms with Crippen LogP contribution in [0.5, 0.6) is 5.75 Å². The summed E-state index contributed by atoms with van der Waals surface area (Å²) < 4.78 is 6.98. The summed E-state index contributed by atoms with van der Waals surface area (Å²) in [6, 6.07) is 6.97. The Bertz CT molecular complexity index is 435. The van der Waals surface area contributed by atoms with Gasteiger partial charge in [-0.05, 0) is 49.8 Å². The van der Waals surface area contributed by atoms with Crippen LogP contribution in [0.25, 0.3) is 0 Å². The maximum atomic E-state index is 5.86. The molecule has 1 aromatic rings. The van der Waals surface area contributed by atoms with E-state index in [0.29, 0.717) is 6.04 Å². The largest absolute Gasteiger partial charge is 0.493 e. The minimum absolute atomic E-state index is 0.660. The lowest BCUT2D eigenvalue weighted by Crippen LogP contribution is -2.28. The summed E-state index contributed by atoms with van der Waals surface area (Å²) in [7, 11) is 0. The molecule has 0 aromatic heterocycles. The van der Waals surface area contributed by atoms with Gasteiger partial charge in [-0.25, -0.2) is 0 Å². The first-order chi connectivity index (χ1) is 10.2. The molecule has 1 aromatic carbocycles. The van der Waals surface area contributed by atoms with Crippen molar-refractivity contribution in [1.82, 2.24) is 5.32 Å². The Balaban J connectivity index is 1.93. The first-order valence-corrected chi connectivity index (χ1v) is 9.13. The maximum absolute atomic E-state index is 5.86. The van der Waals surface area contributed by atoms with Crippen LogP contribution in [0.3, 0.4) is 0 Å². The number of nitrogens with one attached hydrogen (secondary N) is 1. The topological polar surface area (TPSA) is 21.3 Å². The van der Waals surface area contributed by atoms with Crippen molar-refractivity contribution in [2.75, 3.05) is 6.61 Å². The van der Waals surface area contributed by atoms with Crippen molar-refractivity contribution in [2.24, 2.45) is 5.92 Å². The van der Waals surface area contributed by atoms with Gasteiger partial charge in [0.25, 0.3) is 0 Å². The predicted octanol–water partition coefficient (Wildman–Crippen LogP) is 5.30. The molecule has 0 radical (unpaired) electrons. The third-order valence-corrected chi connectivity index (χ3v) is 4.82. The van der Waals surface area contributed by atoms with Gasteiger partial charge in [0, 0.05) is 22.6 Å². The minimum Gasteiger partial charge on any atom is -0.493 e. The summed E-state index contributed by atoms with van der Waals surface area (Å²) in [4.78, 5) is 0. The quantitative estimate of drug-likeness (QED) is 0.700. The molecule has 3 heteroatoms. The number of ether oxygens (including phenoxy) is 1. The second kappa shape index (κ2) is 8.79. The molecule has 2 nitrogen and oxygen atoms in total.